The third kappa shape index (κ3) is 36.2. The summed E-state index contributed by atoms with van der Waals surface area (Å²) in [6.45, 7) is 8.80. The number of nitrogens with two attached hydrogens (primary N) is 3. The van der Waals surface area contributed by atoms with Gasteiger partial charge in [-0.05, 0) is 38.0 Å². The second kappa shape index (κ2) is 45.4. The first-order chi connectivity index (χ1) is 38.3. The zero-order chi connectivity index (χ0) is 59.4. The second-order valence-corrected chi connectivity index (χ2v) is 18.0. The maximum Gasteiger partial charge on any atom is 0.491 e. The highest BCUT2D eigenvalue weighted by molar-refractivity contribution is 5.97. The first kappa shape index (κ1) is 72.8. The summed E-state index contributed by atoms with van der Waals surface area (Å²) < 4.78 is 90.6. The van der Waals surface area contributed by atoms with Crippen molar-refractivity contribution in [3.63, 3.8) is 0 Å². The van der Waals surface area contributed by atoms with Gasteiger partial charge in [-0.15, -0.1) is 0 Å². The maximum atomic E-state index is 13.5. The number of unbranched alkanes of at least 4 members (excludes halogenated alkanes) is 1. The summed E-state index contributed by atoms with van der Waals surface area (Å²) in [7, 11) is 0. The van der Waals surface area contributed by atoms with Crippen LogP contribution in [0.15, 0.2) is 0 Å². The Balaban J connectivity index is 2.47. The SMILES string of the molecule is CC(C)[C@H](NC(=O)[C@@H]1CCCN1C(=O)[C@H](CC(N)=O)NC(=O)CCOCCOCCOCCNC(=O)[C@H](CCCCNC(=O)CCOCCOCCOCCN)NC(=O)CCOCCOCCOCCN)C(=O)OC(=O)C(F)(F)F. The molecule has 1 aliphatic rings. The van der Waals surface area contributed by atoms with E-state index in [1.807, 2.05) is 0 Å². The predicted molar refractivity (Wildman–Crippen MR) is 276 cm³/mol. The van der Waals surface area contributed by atoms with Gasteiger partial charge in [0.1, 0.15) is 24.2 Å². The van der Waals surface area contributed by atoms with E-state index in [0.29, 0.717) is 98.4 Å². The minimum absolute atomic E-state index is 0.00186. The Morgan fingerprint density at radius 3 is 1.48 bits per heavy atom. The highest BCUT2D eigenvalue weighted by Gasteiger charge is 2.45. The molecule has 80 heavy (non-hydrogen) atoms. The van der Waals surface area contributed by atoms with E-state index in [9.17, 15) is 56.3 Å². The molecular formula is C49H86F3N9O19. The van der Waals surface area contributed by atoms with Crippen molar-refractivity contribution < 1.29 is 104 Å². The Morgan fingerprint density at radius 1 is 0.562 bits per heavy atom. The smallest absolute Gasteiger partial charge is 0.385 e. The van der Waals surface area contributed by atoms with E-state index < -0.39 is 84.2 Å². The summed E-state index contributed by atoms with van der Waals surface area (Å²) in [5.74, 6) is -9.65. The zero-order valence-electron chi connectivity index (χ0n) is 46.1. The molecule has 4 atom stereocenters. The molecule has 0 spiro atoms. The zero-order valence-corrected chi connectivity index (χ0v) is 46.1. The van der Waals surface area contributed by atoms with Gasteiger partial charge in [-0.1, -0.05) is 13.8 Å². The molecule has 0 saturated carbocycles. The number of carbonyl (C=O) groups excluding carboxylic acids is 9. The van der Waals surface area contributed by atoms with Crippen LogP contribution < -0.4 is 43.8 Å². The molecular weight excluding hydrogens is 1080 g/mol. The van der Waals surface area contributed by atoms with Gasteiger partial charge in [-0.25, -0.2) is 9.59 Å². The maximum absolute atomic E-state index is 13.5. The van der Waals surface area contributed by atoms with Crippen molar-refractivity contribution in [3.8, 4) is 0 Å². The summed E-state index contributed by atoms with van der Waals surface area (Å²) in [6.07, 6.45) is -4.45. The Hall–Kier alpha value is -5.22. The Bertz CT molecular complexity index is 1810. The number of hydrogen-bond acceptors (Lipinski definition) is 21. The molecule has 1 rings (SSSR count). The van der Waals surface area contributed by atoms with Crippen molar-refractivity contribution in [1.29, 1.82) is 0 Å². The summed E-state index contributed by atoms with van der Waals surface area (Å²) >= 11 is 0. The van der Waals surface area contributed by atoms with Crippen LogP contribution in [-0.4, -0.2) is 240 Å². The minimum atomic E-state index is -5.46. The molecule has 1 heterocycles. The number of amides is 7. The van der Waals surface area contributed by atoms with Gasteiger partial charge in [-0.3, -0.25) is 33.6 Å². The molecule has 0 aromatic rings. The average Bonchev–Trinajstić information content (AvgIpc) is 3.91. The fourth-order valence-corrected chi connectivity index (χ4v) is 7.11. The highest BCUT2D eigenvalue weighted by Crippen LogP contribution is 2.21. The third-order valence-electron chi connectivity index (χ3n) is 11.1. The van der Waals surface area contributed by atoms with Crippen LogP contribution in [0.3, 0.4) is 0 Å². The number of esters is 2. The molecule has 0 aromatic heterocycles. The standard InChI is InChI=1S/C49H86F3N9O19/c1-35(2)43(47(69)80-48(70)49(50,51)52)60-45(67)38-7-5-15-61(38)46(68)37(34-39(55)62)59-42(65)10-18-73-24-30-79-33-27-76-21-14-57-44(66)36(58-41(64)9-17-72-23-29-78-32-26-75-20-12-54)6-3-4-13-56-40(63)8-16-71-22-28-77-31-25-74-19-11-53/h35-38,43H,3-34,53-54H2,1-2H3,(H2,55,62)(H,56,63)(H,57,66)(H,58,64)(H,59,65)(H,60,67)/t36-,37-,38-,43-/m0/s1. The molecule has 0 bridgehead atoms. The van der Waals surface area contributed by atoms with Crippen molar-refractivity contribution in [2.75, 3.05) is 152 Å². The quantitative estimate of drug-likeness (QED) is 0.0174. The first-order valence-corrected chi connectivity index (χ1v) is 26.8. The van der Waals surface area contributed by atoms with E-state index in [4.69, 9.17) is 59.8 Å². The number of primary amides is 1. The second-order valence-electron chi connectivity index (χ2n) is 18.0. The van der Waals surface area contributed by atoms with E-state index >= 15 is 0 Å². The molecule has 0 radical (unpaired) electrons. The number of hydrogen-bond donors (Lipinski definition) is 8. The van der Waals surface area contributed by atoms with Crippen LogP contribution >= 0.6 is 0 Å². The molecule has 7 amide bonds. The predicted octanol–water partition coefficient (Wildman–Crippen LogP) is -2.76. The van der Waals surface area contributed by atoms with Crippen LogP contribution in [0, 0.1) is 5.92 Å². The van der Waals surface area contributed by atoms with Gasteiger partial charge >= 0.3 is 18.1 Å². The minimum Gasteiger partial charge on any atom is -0.385 e. The third-order valence-corrected chi connectivity index (χ3v) is 11.1. The van der Waals surface area contributed by atoms with Gasteiger partial charge in [0, 0.05) is 52.0 Å². The van der Waals surface area contributed by atoms with E-state index in [-0.39, 0.29) is 116 Å². The lowest BCUT2D eigenvalue weighted by Crippen LogP contribution is -2.57. The van der Waals surface area contributed by atoms with Gasteiger partial charge in [0.25, 0.3) is 0 Å². The summed E-state index contributed by atoms with van der Waals surface area (Å²) in [6, 6.07) is -5.27. The van der Waals surface area contributed by atoms with Crippen LogP contribution in [0.2, 0.25) is 0 Å². The average molecular weight is 1160 g/mol. The van der Waals surface area contributed by atoms with E-state index in [0.717, 1.165) is 4.90 Å². The fourth-order valence-electron chi connectivity index (χ4n) is 7.11. The van der Waals surface area contributed by atoms with Gasteiger partial charge < -0.3 is 96.1 Å². The van der Waals surface area contributed by atoms with E-state index in [1.54, 1.807) is 0 Å². The molecule has 1 aliphatic heterocycles. The number of nitrogens with zero attached hydrogens (tertiary/aromatic N) is 1. The van der Waals surface area contributed by atoms with Crippen LogP contribution in [0.5, 0.6) is 0 Å². The number of carbonyl (C=O) groups is 9. The highest BCUT2D eigenvalue weighted by atomic mass is 19.4. The first-order valence-electron chi connectivity index (χ1n) is 26.8. The van der Waals surface area contributed by atoms with Crippen LogP contribution in [0.25, 0.3) is 0 Å². The molecule has 462 valence electrons. The van der Waals surface area contributed by atoms with Crippen LogP contribution in [0.4, 0.5) is 13.2 Å². The molecule has 28 nitrogen and oxygen atoms in total. The van der Waals surface area contributed by atoms with Crippen molar-refractivity contribution in [2.24, 2.45) is 23.1 Å². The van der Waals surface area contributed by atoms with Crippen molar-refractivity contribution in [2.45, 2.75) is 102 Å². The van der Waals surface area contributed by atoms with Crippen molar-refractivity contribution >= 4 is 53.3 Å². The van der Waals surface area contributed by atoms with Gasteiger partial charge in [0.05, 0.1) is 125 Å². The van der Waals surface area contributed by atoms with Gasteiger partial charge in [-0.2, -0.15) is 13.2 Å². The van der Waals surface area contributed by atoms with Gasteiger partial charge in [0.2, 0.25) is 41.4 Å². The number of nitrogens with one attached hydrogen (secondary N) is 5. The lowest BCUT2D eigenvalue weighted by Gasteiger charge is -2.30. The van der Waals surface area contributed by atoms with E-state index in [2.05, 4.69) is 31.3 Å². The number of alkyl halides is 3. The molecule has 0 aliphatic carbocycles. The number of ether oxygens (including phenoxy) is 10. The molecule has 11 N–H and O–H groups in total. The lowest BCUT2D eigenvalue weighted by molar-refractivity contribution is -0.202. The Labute approximate surface area is 464 Å². The normalized spacial score (nSPS) is 14.5. The Kier molecular flexibility index (Phi) is 41.3. The molecule has 1 saturated heterocycles. The number of rotatable bonds is 49. The molecule has 0 aromatic carbocycles. The van der Waals surface area contributed by atoms with Gasteiger partial charge in [0.15, 0.2) is 0 Å². The number of halogens is 3. The van der Waals surface area contributed by atoms with E-state index in [1.165, 1.54) is 13.8 Å². The lowest BCUT2D eigenvalue weighted by atomic mass is 10.0. The topological polar surface area (TPSA) is 387 Å². The number of likely N-dealkylation sites (tertiary alicyclic amines) is 1. The monoisotopic (exact) mass is 1160 g/mol. The largest absolute Gasteiger partial charge is 0.491 e. The van der Waals surface area contributed by atoms with Crippen molar-refractivity contribution in [1.82, 2.24) is 31.5 Å². The van der Waals surface area contributed by atoms with Crippen LogP contribution in [-0.2, 0) is 90.5 Å². The van der Waals surface area contributed by atoms with Crippen molar-refractivity contribution in [3.05, 3.63) is 0 Å². The Morgan fingerprint density at radius 2 is 1.01 bits per heavy atom. The van der Waals surface area contributed by atoms with Crippen LogP contribution in [0.1, 0.15) is 71.6 Å². The molecule has 1 fully saturated rings. The molecule has 0 unspecified atom stereocenters. The summed E-state index contributed by atoms with van der Waals surface area (Å²) in [4.78, 5) is 114. The molecule has 31 heteroatoms. The summed E-state index contributed by atoms with van der Waals surface area (Å²) in [5.41, 5.74) is 16.1. The summed E-state index contributed by atoms with van der Waals surface area (Å²) in [5, 5.41) is 13.0. The fraction of sp³-hybridized carbons (Fsp3) is 0.816.